The minimum atomic E-state index is -0.329. The van der Waals surface area contributed by atoms with Crippen molar-refractivity contribution in [3.63, 3.8) is 0 Å². The first-order valence-corrected chi connectivity index (χ1v) is 7.03. The lowest BCUT2D eigenvalue weighted by atomic mass is 10.1. The van der Waals surface area contributed by atoms with Gasteiger partial charge in [0, 0.05) is 5.56 Å². The van der Waals surface area contributed by atoms with Crippen LogP contribution in [0.4, 0.5) is 4.39 Å². The number of rotatable bonds is 3. The summed E-state index contributed by atoms with van der Waals surface area (Å²) in [7, 11) is 0. The molecule has 110 valence electrons. The highest BCUT2D eigenvalue weighted by Crippen LogP contribution is 2.25. The van der Waals surface area contributed by atoms with Gasteiger partial charge in [-0.15, -0.1) is 10.2 Å². The molecule has 0 radical (unpaired) electrons. The summed E-state index contributed by atoms with van der Waals surface area (Å²) >= 11 is 6.17. The van der Waals surface area contributed by atoms with E-state index in [1.807, 2.05) is 31.2 Å². The average molecular weight is 315 g/mol. The standard InChI is InChI=1S/C17H12ClFN2O/c1-11-4-2-6-13(8-11)16-20-21-17(22-16)15(18)10-12-5-3-7-14(19)9-12/h2-10H,1H3/b15-10-. The summed E-state index contributed by atoms with van der Waals surface area (Å²) in [6, 6.07) is 13.8. The number of hydrogen-bond donors (Lipinski definition) is 0. The summed E-state index contributed by atoms with van der Waals surface area (Å²) in [6.07, 6.45) is 1.58. The lowest BCUT2D eigenvalue weighted by molar-refractivity contribution is 0.556. The molecule has 0 saturated carbocycles. The fourth-order valence-corrected chi connectivity index (χ4v) is 2.22. The van der Waals surface area contributed by atoms with Gasteiger partial charge in [0.05, 0.1) is 0 Å². The van der Waals surface area contributed by atoms with E-state index < -0.39 is 0 Å². The average Bonchev–Trinajstić information content (AvgIpc) is 2.97. The quantitative estimate of drug-likeness (QED) is 0.688. The Labute approximate surface area is 132 Å². The van der Waals surface area contributed by atoms with E-state index in [0.717, 1.165) is 11.1 Å². The molecular formula is C17H12ClFN2O. The molecule has 3 rings (SSSR count). The van der Waals surface area contributed by atoms with E-state index in [0.29, 0.717) is 11.5 Å². The Morgan fingerprint density at radius 1 is 1.14 bits per heavy atom. The number of halogens is 2. The van der Waals surface area contributed by atoms with Gasteiger partial charge in [-0.25, -0.2) is 4.39 Å². The normalized spacial score (nSPS) is 11.7. The van der Waals surface area contributed by atoms with E-state index in [-0.39, 0.29) is 16.7 Å². The highest BCUT2D eigenvalue weighted by atomic mass is 35.5. The predicted octanol–water partition coefficient (Wildman–Crippen LogP) is 4.92. The molecule has 3 nitrogen and oxygen atoms in total. The molecular weight excluding hydrogens is 303 g/mol. The first-order chi connectivity index (χ1) is 10.6. The molecule has 0 aliphatic carbocycles. The van der Waals surface area contributed by atoms with Crippen LogP contribution < -0.4 is 0 Å². The highest BCUT2D eigenvalue weighted by molar-refractivity contribution is 6.50. The smallest absolute Gasteiger partial charge is 0.259 e. The first kappa shape index (κ1) is 14.5. The van der Waals surface area contributed by atoms with Crippen LogP contribution in [0.1, 0.15) is 17.0 Å². The monoisotopic (exact) mass is 314 g/mol. The van der Waals surface area contributed by atoms with Crippen LogP contribution >= 0.6 is 11.6 Å². The second kappa shape index (κ2) is 6.12. The molecule has 0 spiro atoms. The molecule has 0 amide bonds. The molecule has 0 aliphatic rings. The van der Waals surface area contributed by atoms with Gasteiger partial charge in [0.2, 0.25) is 5.89 Å². The van der Waals surface area contributed by atoms with E-state index >= 15 is 0 Å². The summed E-state index contributed by atoms with van der Waals surface area (Å²) < 4.78 is 18.7. The zero-order valence-corrected chi connectivity index (χ0v) is 12.5. The Bertz CT molecular complexity index is 842. The molecule has 0 aliphatic heterocycles. The summed E-state index contributed by atoms with van der Waals surface area (Å²) in [5.41, 5.74) is 2.55. The van der Waals surface area contributed by atoms with Crippen molar-refractivity contribution in [1.29, 1.82) is 0 Å². The zero-order valence-electron chi connectivity index (χ0n) is 11.8. The van der Waals surface area contributed by atoms with Crippen LogP contribution in [0.3, 0.4) is 0 Å². The van der Waals surface area contributed by atoms with Gasteiger partial charge in [-0.1, -0.05) is 41.4 Å². The van der Waals surface area contributed by atoms with Crippen LogP contribution in [-0.4, -0.2) is 10.2 Å². The van der Waals surface area contributed by atoms with Gasteiger partial charge in [-0.3, -0.25) is 0 Å². The molecule has 0 atom stereocenters. The van der Waals surface area contributed by atoms with Crippen molar-refractivity contribution < 1.29 is 8.81 Å². The lowest BCUT2D eigenvalue weighted by Gasteiger charge is -1.97. The van der Waals surface area contributed by atoms with Crippen molar-refractivity contribution in [2.75, 3.05) is 0 Å². The van der Waals surface area contributed by atoms with Gasteiger partial charge >= 0.3 is 0 Å². The summed E-state index contributed by atoms with van der Waals surface area (Å²) in [4.78, 5) is 0. The van der Waals surface area contributed by atoms with E-state index in [2.05, 4.69) is 10.2 Å². The van der Waals surface area contributed by atoms with Gasteiger partial charge < -0.3 is 4.42 Å². The third kappa shape index (κ3) is 3.23. The molecule has 0 unspecified atom stereocenters. The maximum atomic E-state index is 13.2. The molecule has 3 aromatic rings. The number of aromatic nitrogens is 2. The predicted molar refractivity (Wildman–Crippen MR) is 84.6 cm³/mol. The van der Waals surface area contributed by atoms with Gasteiger partial charge in [-0.2, -0.15) is 0 Å². The van der Waals surface area contributed by atoms with Crippen LogP contribution in [-0.2, 0) is 0 Å². The molecule has 0 bridgehead atoms. The van der Waals surface area contributed by atoms with Crippen molar-refractivity contribution in [3.8, 4) is 11.5 Å². The summed E-state index contributed by atoms with van der Waals surface area (Å²) in [6.45, 7) is 1.98. The highest BCUT2D eigenvalue weighted by Gasteiger charge is 2.11. The number of aryl methyl sites for hydroxylation is 1. The van der Waals surface area contributed by atoms with Crippen LogP contribution in [0.5, 0.6) is 0 Å². The molecule has 22 heavy (non-hydrogen) atoms. The van der Waals surface area contributed by atoms with Crippen molar-refractivity contribution >= 4 is 22.7 Å². The Morgan fingerprint density at radius 3 is 2.73 bits per heavy atom. The minimum absolute atomic E-state index is 0.197. The summed E-state index contributed by atoms with van der Waals surface area (Å²) in [5.74, 6) is 0.260. The molecule has 1 aromatic heterocycles. The topological polar surface area (TPSA) is 38.9 Å². The van der Waals surface area contributed by atoms with Gasteiger partial charge in [0.1, 0.15) is 10.8 Å². The van der Waals surface area contributed by atoms with Gasteiger partial charge in [-0.05, 0) is 42.8 Å². The van der Waals surface area contributed by atoms with Crippen LogP contribution in [0.15, 0.2) is 52.9 Å². The first-order valence-electron chi connectivity index (χ1n) is 6.65. The third-order valence-corrected chi connectivity index (χ3v) is 3.31. The molecule has 0 fully saturated rings. The van der Waals surface area contributed by atoms with Crippen LogP contribution in [0.2, 0.25) is 0 Å². The molecule has 0 N–H and O–H groups in total. The SMILES string of the molecule is Cc1cccc(-c2nnc(/C(Cl)=C/c3cccc(F)c3)o2)c1. The van der Waals surface area contributed by atoms with Crippen LogP contribution in [0.25, 0.3) is 22.6 Å². The Morgan fingerprint density at radius 2 is 1.95 bits per heavy atom. The number of nitrogens with zero attached hydrogens (tertiary/aromatic N) is 2. The Kier molecular flexibility index (Phi) is 4.02. The number of benzene rings is 2. The van der Waals surface area contributed by atoms with Gasteiger partial charge in [0.25, 0.3) is 5.89 Å². The minimum Gasteiger partial charge on any atom is -0.415 e. The fourth-order valence-electron chi connectivity index (χ4n) is 2.02. The Hall–Kier alpha value is -2.46. The Balaban J connectivity index is 1.90. The molecule has 2 aromatic carbocycles. The van der Waals surface area contributed by atoms with E-state index in [1.54, 1.807) is 18.2 Å². The van der Waals surface area contributed by atoms with Crippen molar-refractivity contribution in [1.82, 2.24) is 10.2 Å². The van der Waals surface area contributed by atoms with Crippen molar-refractivity contribution in [3.05, 3.63) is 71.4 Å². The van der Waals surface area contributed by atoms with Crippen molar-refractivity contribution in [2.24, 2.45) is 0 Å². The van der Waals surface area contributed by atoms with E-state index in [9.17, 15) is 4.39 Å². The van der Waals surface area contributed by atoms with E-state index in [4.69, 9.17) is 16.0 Å². The maximum absolute atomic E-state index is 13.2. The zero-order chi connectivity index (χ0) is 15.5. The maximum Gasteiger partial charge on any atom is 0.259 e. The second-order valence-electron chi connectivity index (χ2n) is 4.83. The molecule has 0 saturated heterocycles. The second-order valence-corrected chi connectivity index (χ2v) is 5.24. The largest absolute Gasteiger partial charge is 0.415 e. The molecule has 5 heteroatoms. The fraction of sp³-hybridized carbons (Fsp3) is 0.0588. The summed E-state index contributed by atoms with van der Waals surface area (Å²) in [5, 5.41) is 8.18. The lowest BCUT2D eigenvalue weighted by Crippen LogP contribution is -1.80. The van der Waals surface area contributed by atoms with E-state index in [1.165, 1.54) is 12.1 Å². The van der Waals surface area contributed by atoms with Gasteiger partial charge in [0.15, 0.2) is 0 Å². The number of hydrogen-bond acceptors (Lipinski definition) is 3. The molecule has 1 heterocycles. The van der Waals surface area contributed by atoms with Crippen LogP contribution in [0, 0.1) is 12.7 Å². The van der Waals surface area contributed by atoms with Crippen molar-refractivity contribution in [2.45, 2.75) is 6.92 Å². The third-order valence-electron chi connectivity index (χ3n) is 3.04.